The molecule has 3 aromatic rings. The molecule has 0 bridgehead atoms. The third kappa shape index (κ3) is 3.18. The topological polar surface area (TPSA) is 62.3 Å². The minimum atomic E-state index is -0.241. The SMILES string of the molecule is Cc1nc2ccc(NC(=O)c3ccc(Cl)c(N4CCCC4=O)c3)cc2s1. The van der Waals surface area contributed by atoms with Crippen LogP contribution < -0.4 is 10.2 Å². The molecule has 1 N–H and O–H groups in total. The summed E-state index contributed by atoms with van der Waals surface area (Å²) in [5, 5.41) is 4.36. The number of thiazole rings is 1. The van der Waals surface area contributed by atoms with Gasteiger partial charge in [-0.2, -0.15) is 0 Å². The molecule has 0 radical (unpaired) electrons. The second-order valence-electron chi connectivity index (χ2n) is 6.18. The molecule has 0 atom stereocenters. The summed E-state index contributed by atoms with van der Waals surface area (Å²) in [4.78, 5) is 30.7. The molecule has 5 nitrogen and oxygen atoms in total. The van der Waals surface area contributed by atoms with Crippen molar-refractivity contribution in [2.45, 2.75) is 19.8 Å². The molecule has 0 aliphatic carbocycles. The summed E-state index contributed by atoms with van der Waals surface area (Å²) in [6.45, 7) is 2.59. The number of carbonyl (C=O) groups is 2. The van der Waals surface area contributed by atoms with Crippen LogP contribution in [-0.4, -0.2) is 23.3 Å². The Labute approximate surface area is 159 Å². The zero-order chi connectivity index (χ0) is 18.3. The highest BCUT2D eigenvalue weighted by molar-refractivity contribution is 7.18. The van der Waals surface area contributed by atoms with Gasteiger partial charge in [-0.15, -0.1) is 11.3 Å². The van der Waals surface area contributed by atoms with Crippen LogP contribution in [0.4, 0.5) is 11.4 Å². The van der Waals surface area contributed by atoms with E-state index in [9.17, 15) is 9.59 Å². The molecule has 0 spiro atoms. The monoisotopic (exact) mass is 385 g/mol. The lowest BCUT2D eigenvalue weighted by Gasteiger charge is -2.18. The van der Waals surface area contributed by atoms with Crippen LogP contribution in [0.2, 0.25) is 5.02 Å². The zero-order valence-corrected chi connectivity index (χ0v) is 15.7. The molecule has 4 rings (SSSR count). The number of aromatic nitrogens is 1. The average molecular weight is 386 g/mol. The Hall–Kier alpha value is -2.44. The maximum absolute atomic E-state index is 12.6. The molecule has 0 unspecified atom stereocenters. The molecule has 1 saturated heterocycles. The van der Waals surface area contributed by atoms with E-state index in [4.69, 9.17) is 11.6 Å². The van der Waals surface area contributed by atoms with E-state index in [1.54, 1.807) is 34.4 Å². The normalized spacial score (nSPS) is 14.2. The largest absolute Gasteiger partial charge is 0.322 e. The molecule has 132 valence electrons. The summed E-state index contributed by atoms with van der Waals surface area (Å²) in [7, 11) is 0. The molecule has 2 amide bonds. The van der Waals surface area contributed by atoms with E-state index >= 15 is 0 Å². The van der Waals surface area contributed by atoms with Gasteiger partial charge in [0.25, 0.3) is 5.91 Å². The lowest BCUT2D eigenvalue weighted by molar-refractivity contribution is -0.117. The highest BCUT2D eigenvalue weighted by Gasteiger charge is 2.24. The van der Waals surface area contributed by atoms with Gasteiger partial charge in [0.1, 0.15) is 0 Å². The fourth-order valence-corrected chi connectivity index (χ4v) is 4.17. The summed E-state index contributed by atoms with van der Waals surface area (Å²) < 4.78 is 1.03. The van der Waals surface area contributed by atoms with Gasteiger partial charge in [-0.3, -0.25) is 9.59 Å². The van der Waals surface area contributed by atoms with E-state index in [0.717, 1.165) is 21.6 Å². The maximum atomic E-state index is 12.6. The number of nitrogens with one attached hydrogen (secondary N) is 1. The lowest BCUT2D eigenvalue weighted by atomic mass is 10.1. The van der Waals surface area contributed by atoms with Crippen molar-refractivity contribution in [3.8, 4) is 0 Å². The van der Waals surface area contributed by atoms with Crippen molar-refractivity contribution in [1.29, 1.82) is 0 Å². The van der Waals surface area contributed by atoms with Gasteiger partial charge >= 0.3 is 0 Å². The summed E-state index contributed by atoms with van der Waals surface area (Å²) in [6, 6.07) is 10.6. The van der Waals surface area contributed by atoms with Crippen LogP contribution in [-0.2, 0) is 4.79 Å². The lowest BCUT2D eigenvalue weighted by Crippen LogP contribution is -2.24. The molecule has 2 aromatic carbocycles. The van der Waals surface area contributed by atoms with E-state index in [1.807, 2.05) is 25.1 Å². The second-order valence-corrected chi connectivity index (χ2v) is 7.83. The molecule has 1 fully saturated rings. The number of benzene rings is 2. The third-order valence-corrected chi connectivity index (χ3v) is 5.58. The number of aryl methyl sites for hydroxylation is 1. The Bertz CT molecular complexity index is 1030. The molecule has 7 heteroatoms. The van der Waals surface area contributed by atoms with Gasteiger partial charge in [0.05, 0.1) is 25.9 Å². The average Bonchev–Trinajstić information content (AvgIpc) is 3.19. The minimum absolute atomic E-state index is 0.0375. The number of amides is 2. The van der Waals surface area contributed by atoms with Crippen LogP contribution in [0.5, 0.6) is 0 Å². The summed E-state index contributed by atoms with van der Waals surface area (Å²) in [5.41, 5.74) is 2.69. The van der Waals surface area contributed by atoms with E-state index in [2.05, 4.69) is 10.3 Å². The Morgan fingerprint density at radius 3 is 2.88 bits per heavy atom. The molecular weight excluding hydrogens is 370 g/mol. The first-order chi connectivity index (χ1) is 12.5. The number of hydrogen-bond acceptors (Lipinski definition) is 4. The quantitative estimate of drug-likeness (QED) is 0.714. The first-order valence-electron chi connectivity index (χ1n) is 8.30. The van der Waals surface area contributed by atoms with E-state index in [0.29, 0.717) is 34.9 Å². The minimum Gasteiger partial charge on any atom is -0.322 e. The predicted molar refractivity (Wildman–Crippen MR) is 105 cm³/mol. The number of hydrogen-bond donors (Lipinski definition) is 1. The Morgan fingerprint density at radius 2 is 2.12 bits per heavy atom. The van der Waals surface area contributed by atoms with Crippen LogP contribution in [0, 0.1) is 6.92 Å². The summed E-state index contributed by atoms with van der Waals surface area (Å²) in [5.74, 6) is -0.203. The molecule has 2 heterocycles. The van der Waals surface area contributed by atoms with E-state index in [1.165, 1.54) is 0 Å². The summed E-state index contributed by atoms with van der Waals surface area (Å²) >= 11 is 7.83. The molecule has 1 aliphatic rings. The van der Waals surface area contributed by atoms with Gasteiger partial charge in [-0.25, -0.2) is 4.98 Å². The second kappa shape index (κ2) is 6.70. The van der Waals surface area contributed by atoms with Crippen LogP contribution in [0.3, 0.4) is 0 Å². The molecule has 26 heavy (non-hydrogen) atoms. The van der Waals surface area contributed by atoms with Crippen molar-refractivity contribution >= 4 is 56.3 Å². The van der Waals surface area contributed by atoms with Gasteiger partial charge in [0.15, 0.2) is 0 Å². The highest BCUT2D eigenvalue weighted by atomic mass is 35.5. The Kier molecular flexibility index (Phi) is 4.38. The number of carbonyl (C=O) groups excluding carboxylic acids is 2. The van der Waals surface area contributed by atoms with Gasteiger partial charge < -0.3 is 10.2 Å². The molecule has 1 aromatic heterocycles. The van der Waals surface area contributed by atoms with Crippen molar-refractivity contribution in [2.75, 3.05) is 16.8 Å². The number of fused-ring (bicyclic) bond motifs is 1. The fraction of sp³-hybridized carbons (Fsp3) is 0.211. The molecule has 0 saturated carbocycles. The van der Waals surface area contributed by atoms with E-state index < -0.39 is 0 Å². The van der Waals surface area contributed by atoms with Crippen molar-refractivity contribution in [1.82, 2.24) is 4.98 Å². The molecule has 1 aliphatic heterocycles. The van der Waals surface area contributed by atoms with Crippen molar-refractivity contribution in [3.05, 3.63) is 52.0 Å². The van der Waals surface area contributed by atoms with Crippen LogP contribution in [0.1, 0.15) is 28.2 Å². The maximum Gasteiger partial charge on any atom is 0.255 e. The van der Waals surface area contributed by atoms with Gasteiger partial charge in [-0.05, 0) is 49.7 Å². The number of nitrogens with zero attached hydrogens (tertiary/aromatic N) is 2. The van der Waals surface area contributed by atoms with Crippen molar-refractivity contribution < 1.29 is 9.59 Å². The molecular formula is C19H16ClN3O2S. The highest BCUT2D eigenvalue weighted by Crippen LogP contribution is 2.31. The van der Waals surface area contributed by atoms with Gasteiger partial charge in [0.2, 0.25) is 5.91 Å². The standard InChI is InChI=1S/C19H16ClN3O2S/c1-11-21-15-7-5-13(10-17(15)26-11)22-19(25)12-4-6-14(20)16(9-12)23-8-2-3-18(23)24/h4-7,9-10H,2-3,8H2,1H3,(H,22,25). The number of rotatable bonds is 3. The van der Waals surface area contributed by atoms with Crippen molar-refractivity contribution in [2.24, 2.45) is 0 Å². The fourth-order valence-electron chi connectivity index (χ4n) is 3.08. The van der Waals surface area contributed by atoms with Gasteiger partial charge in [-0.1, -0.05) is 11.6 Å². The summed E-state index contributed by atoms with van der Waals surface area (Å²) in [6.07, 6.45) is 1.32. The zero-order valence-electron chi connectivity index (χ0n) is 14.1. The van der Waals surface area contributed by atoms with E-state index in [-0.39, 0.29) is 11.8 Å². The first kappa shape index (κ1) is 17.0. The van der Waals surface area contributed by atoms with Crippen LogP contribution in [0.15, 0.2) is 36.4 Å². The van der Waals surface area contributed by atoms with Crippen molar-refractivity contribution in [3.63, 3.8) is 0 Å². The Balaban J connectivity index is 1.60. The van der Waals surface area contributed by atoms with Gasteiger partial charge in [0, 0.05) is 24.2 Å². The third-order valence-electron chi connectivity index (χ3n) is 4.33. The predicted octanol–water partition coefficient (Wildman–Crippen LogP) is 4.64. The number of halogens is 1. The Morgan fingerprint density at radius 1 is 1.27 bits per heavy atom. The first-order valence-corrected chi connectivity index (χ1v) is 9.49. The van der Waals surface area contributed by atoms with Crippen LogP contribution in [0.25, 0.3) is 10.2 Å². The number of anilines is 2. The van der Waals surface area contributed by atoms with Crippen LogP contribution >= 0.6 is 22.9 Å². The smallest absolute Gasteiger partial charge is 0.255 e.